The Bertz CT molecular complexity index is 565. The number of hydrogen-bond donors (Lipinski definition) is 1. The molecule has 1 heterocycles. The predicted octanol–water partition coefficient (Wildman–Crippen LogP) is 1.69. The van der Waals surface area contributed by atoms with Crippen LogP contribution >= 0.6 is 0 Å². The van der Waals surface area contributed by atoms with Gasteiger partial charge in [0.1, 0.15) is 11.8 Å². The van der Waals surface area contributed by atoms with Gasteiger partial charge in [0.05, 0.1) is 30.7 Å². The quantitative estimate of drug-likeness (QED) is 0.910. The van der Waals surface area contributed by atoms with Gasteiger partial charge in [-0.3, -0.25) is 4.79 Å². The van der Waals surface area contributed by atoms with Crippen molar-refractivity contribution in [2.45, 2.75) is 32.4 Å². The number of ether oxygens (including phenoxy) is 1. The second-order valence-electron chi connectivity index (χ2n) is 4.95. The van der Waals surface area contributed by atoms with Crippen LogP contribution in [0.3, 0.4) is 0 Å². The van der Waals surface area contributed by atoms with E-state index in [-0.39, 0.29) is 17.9 Å². The molecule has 5 nitrogen and oxygen atoms in total. The number of anilines is 1. The van der Waals surface area contributed by atoms with Gasteiger partial charge in [-0.15, -0.1) is 0 Å². The zero-order chi connectivity index (χ0) is 14.9. The standard InChI is InChI=1S/C15H18N2O3/c1-4-12-14(18)9(2)17(15(12)19)11-6-5-10(8-16)13(7-11)20-3/h5-7,9,12,14,18H,4H2,1-3H3/t9-,12-,14+/m0/s1. The maximum atomic E-state index is 12.4. The van der Waals surface area contributed by atoms with Gasteiger partial charge in [-0.05, 0) is 25.5 Å². The highest BCUT2D eigenvalue weighted by atomic mass is 16.5. The number of aliphatic hydroxyl groups is 1. The number of amides is 1. The number of benzene rings is 1. The summed E-state index contributed by atoms with van der Waals surface area (Å²) >= 11 is 0. The van der Waals surface area contributed by atoms with E-state index >= 15 is 0 Å². The topological polar surface area (TPSA) is 73.6 Å². The molecule has 20 heavy (non-hydrogen) atoms. The molecule has 0 aliphatic carbocycles. The fourth-order valence-corrected chi connectivity index (χ4v) is 2.71. The van der Waals surface area contributed by atoms with Crippen molar-refractivity contribution in [3.63, 3.8) is 0 Å². The summed E-state index contributed by atoms with van der Waals surface area (Å²) in [7, 11) is 1.48. The molecule has 3 atom stereocenters. The van der Waals surface area contributed by atoms with Crippen molar-refractivity contribution in [3.05, 3.63) is 23.8 Å². The molecular formula is C15H18N2O3. The Hall–Kier alpha value is -2.06. The molecule has 5 heteroatoms. The lowest BCUT2D eigenvalue weighted by atomic mass is 10.00. The number of methoxy groups -OCH3 is 1. The zero-order valence-electron chi connectivity index (χ0n) is 11.8. The van der Waals surface area contributed by atoms with Crippen LogP contribution in [0.25, 0.3) is 0 Å². The van der Waals surface area contributed by atoms with Crippen molar-refractivity contribution in [1.29, 1.82) is 5.26 Å². The zero-order valence-corrected chi connectivity index (χ0v) is 11.8. The second kappa shape index (κ2) is 5.51. The van der Waals surface area contributed by atoms with Crippen LogP contribution in [0.15, 0.2) is 18.2 Å². The Morgan fingerprint density at radius 1 is 1.50 bits per heavy atom. The summed E-state index contributed by atoms with van der Waals surface area (Å²) in [5.41, 5.74) is 1.07. The molecule has 1 N–H and O–H groups in total. The Kier molecular flexibility index (Phi) is 3.96. The maximum Gasteiger partial charge on any atom is 0.233 e. The number of hydrogen-bond acceptors (Lipinski definition) is 4. The fraction of sp³-hybridized carbons (Fsp3) is 0.467. The SMILES string of the molecule is CC[C@@H]1C(=O)N(c2ccc(C#N)c(OC)c2)[C@@H](C)[C@H]1O. The number of carbonyl (C=O) groups is 1. The van der Waals surface area contributed by atoms with E-state index in [2.05, 4.69) is 0 Å². The van der Waals surface area contributed by atoms with Gasteiger partial charge in [0, 0.05) is 11.8 Å². The van der Waals surface area contributed by atoms with Gasteiger partial charge in [-0.2, -0.15) is 5.26 Å². The molecule has 0 unspecified atom stereocenters. The van der Waals surface area contributed by atoms with Crippen LogP contribution in [0.4, 0.5) is 5.69 Å². The normalized spacial score (nSPS) is 25.6. The first-order valence-electron chi connectivity index (χ1n) is 6.64. The minimum absolute atomic E-state index is 0.0840. The lowest BCUT2D eigenvalue weighted by molar-refractivity contribution is -0.121. The van der Waals surface area contributed by atoms with Gasteiger partial charge in [0.15, 0.2) is 0 Å². The van der Waals surface area contributed by atoms with E-state index in [0.717, 1.165) is 0 Å². The molecule has 1 aromatic rings. The van der Waals surface area contributed by atoms with Crippen LogP contribution in [-0.2, 0) is 4.79 Å². The number of carbonyl (C=O) groups excluding carboxylic acids is 1. The van der Waals surface area contributed by atoms with E-state index in [1.807, 2.05) is 19.9 Å². The number of nitrogens with zero attached hydrogens (tertiary/aromatic N) is 2. The summed E-state index contributed by atoms with van der Waals surface area (Å²) in [4.78, 5) is 14.0. The van der Waals surface area contributed by atoms with Crippen LogP contribution in [0.2, 0.25) is 0 Å². The van der Waals surface area contributed by atoms with E-state index in [4.69, 9.17) is 10.00 Å². The van der Waals surface area contributed by atoms with Crippen molar-refractivity contribution in [2.75, 3.05) is 12.0 Å². The highest BCUT2D eigenvalue weighted by Crippen LogP contribution is 2.34. The van der Waals surface area contributed by atoms with E-state index in [1.54, 1.807) is 23.1 Å². The molecular weight excluding hydrogens is 256 g/mol. The van der Waals surface area contributed by atoms with Crippen molar-refractivity contribution in [2.24, 2.45) is 5.92 Å². The Morgan fingerprint density at radius 2 is 2.20 bits per heavy atom. The average molecular weight is 274 g/mol. The first-order chi connectivity index (χ1) is 9.54. The van der Waals surface area contributed by atoms with Gasteiger partial charge < -0.3 is 14.7 Å². The van der Waals surface area contributed by atoms with Crippen molar-refractivity contribution < 1.29 is 14.6 Å². The van der Waals surface area contributed by atoms with E-state index in [0.29, 0.717) is 23.4 Å². The molecule has 1 fully saturated rings. The molecule has 106 valence electrons. The summed E-state index contributed by atoms with van der Waals surface area (Å²) < 4.78 is 5.16. The fourth-order valence-electron chi connectivity index (χ4n) is 2.71. The summed E-state index contributed by atoms with van der Waals surface area (Å²) in [5, 5.41) is 19.1. The largest absolute Gasteiger partial charge is 0.495 e. The van der Waals surface area contributed by atoms with Gasteiger partial charge in [-0.1, -0.05) is 6.92 Å². The molecule has 2 rings (SSSR count). The maximum absolute atomic E-state index is 12.4. The molecule has 1 amide bonds. The highest BCUT2D eigenvalue weighted by molar-refractivity contribution is 5.99. The lowest BCUT2D eigenvalue weighted by Crippen LogP contribution is -2.34. The summed E-state index contributed by atoms with van der Waals surface area (Å²) in [6.07, 6.45) is -0.0667. The number of rotatable bonds is 3. The van der Waals surface area contributed by atoms with Crippen LogP contribution in [0.5, 0.6) is 5.75 Å². The second-order valence-corrected chi connectivity index (χ2v) is 4.95. The third-order valence-corrected chi connectivity index (χ3v) is 3.89. The molecule has 0 bridgehead atoms. The Labute approximate surface area is 118 Å². The van der Waals surface area contributed by atoms with E-state index in [9.17, 15) is 9.90 Å². The van der Waals surface area contributed by atoms with Crippen LogP contribution in [0.1, 0.15) is 25.8 Å². The molecule has 0 spiro atoms. The van der Waals surface area contributed by atoms with Crippen LogP contribution in [-0.4, -0.2) is 30.3 Å². The first-order valence-corrected chi connectivity index (χ1v) is 6.64. The van der Waals surface area contributed by atoms with E-state index in [1.165, 1.54) is 7.11 Å². The van der Waals surface area contributed by atoms with Crippen molar-refractivity contribution in [1.82, 2.24) is 0 Å². The molecule has 0 aromatic heterocycles. The molecule has 0 saturated carbocycles. The molecule has 1 aliphatic heterocycles. The number of aliphatic hydroxyl groups excluding tert-OH is 1. The minimum atomic E-state index is -0.672. The Balaban J connectivity index is 2.42. The minimum Gasteiger partial charge on any atom is -0.495 e. The van der Waals surface area contributed by atoms with Gasteiger partial charge >= 0.3 is 0 Å². The van der Waals surface area contributed by atoms with E-state index < -0.39 is 6.10 Å². The van der Waals surface area contributed by atoms with Gasteiger partial charge in [0.25, 0.3) is 0 Å². The van der Waals surface area contributed by atoms with Crippen molar-refractivity contribution >= 4 is 11.6 Å². The van der Waals surface area contributed by atoms with Gasteiger partial charge in [-0.25, -0.2) is 0 Å². The summed E-state index contributed by atoms with van der Waals surface area (Å²) in [6.45, 7) is 3.71. The molecule has 1 aromatic carbocycles. The van der Waals surface area contributed by atoms with Crippen molar-refractivity contribution in [3.8, 4) is 11.8 Å². The Morgan fingerprint density at radius 3 is 2.70 bits per heavy atom. The summed E-state index contributed by atoms with van der Waals surface area (Å²) in [6, 6.07) is 6.75. The third kappa shape index (κ3) is 2.12. The highest BCUT2D eigenvalue weighted by Gasteiger charge is 2.44. The third-order valence-electron chi connectivity index (χ3n) is 3.89. The first kappa shape index (κ1) is 14.4. The van der Waals surface area contributed by atoms with Crippen LogP contribution < -0.4 is 9.64 Å². The predicted molar refractivity (Wildman–Crippen MR) is 74.4 cm³/mol. The lowest BCUT2D eigenvalue weighted by Gasteiger charge is -2.23. The monoisotopic (exact) mass is 274 g/mol. The number of nitriles is 1. The summed E-state index contributed by atoms with van der Waals surface area (Å²) in [5.74, 6) is -0.0228. The van der Waals surface area contributed by atoms with Gasteiger partial charge in [0.2, 0.25) is 5.91 Å². The van der Waals surface area contributed by atoms with Crippen LogP contribution in [0, 0.1) is 17.2 Å². The molecule has 1 aliphatic rings. The molecule has 0 radical (unpaired) electrons. The molecule has 1 saturated heterocycles. The smallest absolute Gasteiger partial charge is 0.233 e. The average Bonchev–Trinajstić information content (AvgIpc) is 2.68.